The summed E-state index contributed by atoms with van der Waals surface area (Å²) in [6.07, 6.45) is 3.04. The van der Waals surface area contributed by atoms with Crippen LogP contribution in [0.15, 0.2) is 48.5 Å². The van der Waals surface area contributed by atoms with Crippen molar-refractivity contribution in [3.63, 3.8) is 0 Å². The number of carboxylic acid groups (broad SMARTS) is 1. The van der Waals surface area contributed by atoms with Gasteiger partial charge in [0.1, 0.15) is 13.1 Å². The Balaban J connectivity index is 0. The van der Waals surface area contributed by atoms with E-state index in [2.05, 4.69) is 46.9 Å². The van der Waals surface area contributed by atoms with E-state index in [1.807, 2.05) is 36.4 Å². The average Bonchev–Trinajstić information content (AvgIpc) is 3.74. The van der Waals surface area contributed by atoms with Crippen LogP contribution in [-0.2, 0) is 22.7 Å². The number of rotatable bonds is 12. The summed E-state index contributed by atoms with van der Waals surface area (Å²) in [5.41, 5.74) is 3.42. The highest BCUT2D eigenvalue weighted by atomic mass is 35.5. The Hall–Kier alpha value is -3.02. The molecule has 2 fully saturated rings. The monoisotopic (exact) mass is 711 g/mol. The van der Waals surface area contributed by atoms with Crippen molar-refractivity contribution < 1.29 is 63.5 Å². The van der Waals surface area contributed by atoms with Crippen LogP contribution in [0, 0.1) is 0 Å². The number of hydrogen-bond donors (Lipinski definition) is 2. The molecule has 2 saturated heterocycles. The number of nitrogens with zero attached hydrogens (tertiary/aromatic N) is 3. The maximum absolute atomic E-state index is 12.3. The highest BCUT2D eigenvalue weighted by molar-refractivity contribution is 6.05. The van der Waals surface area contributed by atoms with E-state index in [1.54, 1.807) is 12.1 Å². The van der Waals surface area contributed by atoms with Gasteiger partial charge in [-0.2, -0.15) is 0 Å². The summed E-state index contributed by atoms with van der Waals surface area (Å²) in [5.74, 6) is -0.863. The number of carbonyl (C=O) groups excluding carboxylic acids is 3. The number of quaternary nitrogens is 2. The summed E-state index contributed by atoms with van der Waals surface area (Å²) in [4.78, 5) is 46.3. The van der Waals surface area contributed by atoms with E-state index >= 15 is 0 Å². The summed E-state index contributed by atoms with van der Waals surface area (Å²) >= 11 is 0. The van der Waals surface area contributed by atoms with Gasteiger partial charge >= 0.3 is 5.97 Å². The first-order valence-corrected chi connectivity index (χ1v) is 16.7. The van der Waals surface area contributed by atoms with Gasteiger partial charge in [-0.3, -0.25) is 19.3 Å². The van der Waals surface area contributed by atoms with Crippen LogP contribution in [0.3, 0.4) is 0 Å². The van der Waals surface area contributed by atoms with Crippen LogP contribution in [-0.4, -0.2) is 100 Å². The molecule has 272 valence electrons. The first-order valence-electron chi connectivity index (χ1n) is 16.7. The number of amides is 3. The number of likely N-dealkylation sites (tertiary alicyclic amines) is 1. The summed E-state index contributed by atoms with van der Waals surface area (Å²) < 4.78 is 2.10. The van der Waals surface area contributed by atoms with E-state index in [-0.39, 0.29) is 48.0 Å². The third-order valence-corrected chi connectivity index (χ3v) is 9.68. The van der Waals surface area contributed by atoms with Gasteiger partial charge in [0.15, 0.2) is 0 Å². The molecule has 2 aliphatic heterocycles. The van der Waals surface area contributed by atoms with Gasteiger partial charge in [-0.15, -0.1) is 0 Å². The molecule has 2 aromatic rings. The van der Waals surface area contributed by atoms with E-state index in [4.69, 9.17) is 5.11 Å². The van der Waals surface area contributed by atoms with E-state index in [1.165, 1.54) is 16.0 Å². The van der Waals surface area contributed by atoms with Crippen molar-refractivity contribution in [2.24, 2.45) is 0 Å². The predicted molar refractivity (Wildman–Crippen MR) is 180 cm³/mol. The zero-order chi connectivity index (χ0) is 33.5. The van der Waals surface area contributed by atoms with Crippen molar-refractivity contribution in [3.05, 3.63) is 70.8 Å². The molecule has 0 saturated carbocycles. The highest BCUT2D eigenvalue weighted by Crippen LogP contribution is 2.18. The molecule has 0 aromatic heterocycles. The maximum Gasteiger partial charge on any atom is 0.335 e. The third-order valence-electron chi connectivity index (χ3n) is 9.68. The van der Waals surface area contributed by atoms with Gasteiger partial charge in [0.2, 0.25) is 11.8 Å². The molecule has 2 aromatic carbocycles. The molecule has 0 bridgehead atoms. The molecule has 4 rings (SSSR count). The van der Waals surface area contributed by atoms with Gasteiger partial charge in [0.05, 0.1) is 44.8 Å². The van der Waals surface area contributed by atoms with Gasteiger partial charge in [-0.25, -0.2) is 4.79 Å². The highest BCUT2D eigenvalue weighted by Gasteiger charge is 2.27. The second kappa shape index (κ2) is 23.4. The molecule has 48 heavy (non-hydrogen) atoms. The van der Waals surface area contributed by atoms with Gasteiger partial charge < -0.3 is 49.7 Å². The van der Waals surface area contributed by atoms with Gasteiger partial charge in [-0.05, 0) is 78.6 Å². The number of aromatic carboxylic acids is 1. The van der Waals surface area contributed by atoms with Crippen molar-refractivity contribution in [2.75, 3.05) is 52.4 Å². The van der Waals surface area contributed by atoms with E-state index in [9.17, 15) is 19.2 Å². The minimum Gasteiger partial charge on any atom is -1.00 e. The number of imide groups is 1. The SMILES string of the molecule is CC[N+](CC)(CC)Cc1ccc(C(=O)N2CCCC2=O)cc1.CC[N+](CC)(CC)Cc1ccc(C(=O)O)cc1.O=C1CCCN1.[Cl-].[Cl-].[OH-]. The number of nitrogens with one attached hydrogen (secondary N) is 1. The lowest BCUT2D eigenvalue weighted by molar-refractivity contribution is -0.936. The van der Waals surface area contributed by atoms with E-state index < -0.39 is 5.97 Å². The molecule has 0 radical (unpaired) electrons. The van der Waals surface area contributed by atoms with Gasteiger partial charge in [0, 0.05) is 42.6 Å². The van der Waals surface area contributed by atoms with Crippen molar-refractivity contribution in [1.82, 2.24) is 10.2 Å². The number of hydrogen-bond acceptors (Lipinski definition) is 5. The van der Waals surface area contributed by atoms with Gasteiger partial charge in [-0.1, -0.05) is 24.3 Å². The summed E-state index contributed by atoms with van der Waals surface area (Å²) in [6, 6.07) is 15.0. The molecule has 12 heteroatoms. The van der Waals surface area contributed by atoms with Crippen molar-refractivity contribution >= 4 is 23.7 Å². The number of carboxylic acids is 1. The van der Waals surface area contributed by atoms with Crippen LogP contribution in [0.1, 0.15) is 99.1 Å². The fourth-order valence-electron chi connectivity index (χ4n) is 5.88. The lowest BCUT2D eigenvalue weighted by Crippen LogP contribution is -3.00. The molecule has 2 heterocycles. The van der Waals surface area contributed by atoms with Crippen molar-refractivity contribution in [3.8, 4) is 0 Å². The molecule has 2 aliphatic rings. The summed E-state index contributed by atoms with van der Waals surface area (Å²) in [6.45, 7) is 23.3. The minimum absolute atomic E-state index is 0. The Labute approximate surface area is 300 Å². The summed E-state index contributed by atoms with van der Waals surface area (Å²) in [7, 11) is 0. The zero-order valence-electron chi connectivity index (χ0n) is 29.6. The molecule has 0 unspecified atom stereocenters. The topological polar surface area (TPSA) is 134 Å². The molecular weight excluding hydrogens is 655 g/mol. The van der Waals surface area contributed by atoms with Crippen molar-refractivity contribution in [1.29, 1.82) is 0 Å². The van der Waals surface area contributed by atoms with E-state index in [0.29, 0.717) is 24.1 Å². The normalized spacial score (nSPS) is 13.8. The lowest BCUT2D eigenvalue weighted by Gasteiger charge is -2.35. The Morgan fingerprint density at radius 2 is 1.10 bits per heavy atom. The standard InChI is InChI=1S/C18H27N2O2.C14H21NO2.C4H7NO.2ClH.H2O/c1-4-20(5-2,6-3)14-15-9-11-16(12-10-15)18(22)19-13-7-8-17(19)21;1-4-15(5-2,6-3)11-12-7-9-13(10-8-12)14(16)17;6-4-2-1-3-5-4;;;/h9-12H,4-8,13-14H2,1-3H3;7-10H,4-6,11H2,1-3H3;1-3H2,(H,5,6);2*1H;1H2/q+1;;;;;/p-2. The van der Waals surface area contributed by atoms with Crippen LogP contribution in [0.25, 0.3) is 0 Å². The lowest BCUT2D eigenvalue weighted by atomic mass is 10.1. The fraction of sp³-hybridized carbons (Fsp3) is 0.556. The van der Waals surface area contributed by atoms with Crippen LogP contribution in [0.4, 0.5) is 0 Å². The van der Waals surface area contributed by atoms with Crippen LogP contribution in [0.2, 0.25) is 0 Å². The van der Waals surface area contributed by atoms with Crippen LogP contribution in [0.5, 0.6) is 0 Å². The Bertz CT molecular complexity index is 1230. The zero-order valence-corrected chi connectivity index (χ0v) is 31.2. The molecule has 3 amide bonds. The maximum atomic E-state index is 12.3. The second-order valence-electron chi connectivity index (χ2n) is 12.0. The molecule has 10 nitrogen and oxygen atoms in total. The molecular formula is C36H57Cl2N4O6-. The minimum atomic E-state index is -0.862. The quantitative estimate of drug-likeness (QED) is 0.221. The van der Waals surface area contributed by atoms with Gasteiger partial charge in [0.25, 0.3) is 5.91 Å². The summed E-state index contributed by atoms with van der Waals surface area (Å²) in [5, 5.41) is 11.5. The van der Waals surface area contributed by atoms with Crippen LogP contribution >= 0.6 is 0 Å². The second-order valence-corrected chi connectivity index (χ2v) is 12.0. The molecule has 0 atom stereocenters. The van der Waals surface area contributed by atoms with Crippen LogP contribution < -0.4 is 30.1 Å². The first kappa shape index (κ1) is 47.1. The number of carbonyl (C=O) groups is 4. The predicted octanol–water partition coefficient (Wildman–Crippen LogP) is -0.685. The van der Waals surface area contributed by atoms with Crippen molar-refractivity contribution in [2.45, 2.75) is 80.3 Å². The fourth-order valence-corrected chi connectivity index (χ4v) is 5.88. The third kappa shape index (κ3) is 13.8. The van der Waals surface area contributed by atoms with E-state index in [0.717, 1.165) is 87.1 Å². The average molecular weight is 713 g/mol. The molecule has 3 N–H and O–H groups in total. The number of halogens is 2. The Morgan fingerprint density at radius 3 is 1.38 bits per heavy atom. The number of benzene rings is 2. The molecule has 0 spiro atoms. The first-order chi connectivity index (χ1) is 21.5. The Kier molecular flexibility index (Phi) is 22.9. The molecule has 0 aliphatic carbocycles. The largest absolute Gasteiger partial charge is 1.00 e. The smallest absolute Gasteiger partial charge is 0.335 e. The Morgan fingerprint density at radius 1 is 0.688 bits per heavy atom.